The van der Waals surface area contributed by atoms with Gasteiger partial charge in [0.1, 0.15) is 23.8 Å². The number of oxazole rings is 1. The third-order valence-electron chi connectivity index (χ3n) is 2.87. The fourth-order valence-electron chi connectivity index (χ4n) is 1.93. The molecular weight excluding hydrogens is 259 g/mol. The maximum Gasteiger partial charge on any atom is 0.181 e. The lowest BCUT2D eigenvalue weighted by Gasteiger charge is -2.06. The minimum atomic E-state index is -0.312. The van der Waals surface area contributed by atoms with Gasteiger partial charge in [0.2, 0.25) is 0 Å². The highest BCUT2D eigenvalue weighted by molar-refractivity contribution is 5.55. The number of rotatable bonds is 3. The molecule has 0 spiro atoms. The van der Waals surface area contributed by atoms with E-state index in [0.29, 0.717) is 17.0 Å². The summed E-state index contributed by atoms with van der Waals surface area (Å²) < 4.78 is 20.2. The lowest BCUT2D eigenvalue weighted by Crippen LogP contribution is -2.05. The second kappa shape index (κ2) is 4.97. The van der Waals surface area contributed by atoms with Crippen molar-refractivity contribution in [2.24, 2.45) is 0 Å². The van der Waals surface area contributed by atoms with Crippen molar-refractivity contribution in [3.8, 4) is 17.5 Å². The molecule has 0 amide bonds. The summed E-state index contributed by atoms with van der Waals surface area (Å²) >= 11 is 0. The van der Waals surface area contributed by atoms with Gasteiger partial charge in [-0.2, -0.15) is 10.4 Å². The minimum Gasteiger partial charge on any atom is -0.451 e. The lowest BCUT2D eigenvalue weighted by molar-refractivity contribution is 0.557. The van der Waals surface area contributed by atoms with Gasteiger partial charge in [0.05, 0.1) is 12.2 Å². The van der Waals surface area contributed by atoms with Gasteiger partial charge in [0, 0.05) is 11.6 Å². The van der Waals surface area contributed by atoms with Gasteiger partial charge in [0.25, 0.3) is 0 Å². The van der Waals surface area contributed by atoms with Crippen LogP contribution in [0.15, 0.2) is 47.4 Å². The molecule has 0 saturated heterocycles. The minimum absolute atomic E-state index is 0.219. The Balaban J connectivity index is 2.04. The summed E-state index contributed by atoms with van der Waals surface area (Å²) in [6.07, 6.45) is 2.75. The average Bonchev–Trinajstić information content (AvgIpc) is 3.10. The Morgan fingerprint density at radius 1 is 1.35 bits per heavy atom. The van der Waals surface area contributed by atoms with Crippen LogP contribution in [0.2, 0.25) is 0 Å². The average molecular weight is 268 g/mol. The normalized spacial score (nSPS) is 10.4. The molecule has 3 aromatic rings. The zero-order valence-corrected chi connectivity index (χ0v) is 10.3. The Labute approximate surface area is 113 Å². The quantitative estimate of drug-likeness (QED) is 0.732. The summed E-state index contributed by atoms with van der Waals surface area (Å²) in [5.41, 5.74) is 1.90. The van der Waals surface area contributed by atoms with Crippen LogP contribution < -0.4 is 0 Å². The lowest BCUT2D eigenvalue weighted by atomic mass is 10.2. The third-order valence-corrected chi connectivity index (χ3v) is 2.87. The van der Waals surface area contributed by atoms with Crippen molar-refractivity contribution < 1.29 is 8.81 Å². The van der Waals surface area contributed by atoms with E-state index in [1.807, 2.05) is 6.07 Å². The second-order valence-electron chi connectivity index (χ2n) is 4.15. The molecule has 20 heavy (non-hydrogen) atoms. The van der Waals surface area contributed by atoms with Crippen LogP contribution in [0, 0.1) is 17.1 Å². The topological polar surface area (TPSA) is 67.6 Å². The molecule has 0 aliphatic heterocycles. The fourth-order valence-corrected chi connectivity index (χ4v) is 1.93. The molecule has 0 unspecified atom stereocenters. The molecule has 0 radical (unpaired) electrons. The standard InChI is InChI=1S/C14H9FN4O/c15-12-4-2-1-3-10(12)7-19-14(5-11(6-16)18-19)13-8-20-9-17-13/h1-5,8-9H,7H2. The van der Waals surface area contributed by atoms with Crippen LogP contribution in [0.25, 0.3) is 11.4 Å². The molecule has 0 bridgehead atoms. The highest BCUT2D eigenvalue weighted by Gasteiger charge is 2.13. The van der Waals surface area contributed by atoms with Gasteiger partial charge in [-0.05, 0) is 6.07 Å². The van der Waals surface area contributed by atoms with Crippen LogP contribution in [-0.4, -0.2) is 14.8 Å². The first-order valence-corrected chi connectivity index (χ1v) is 5.88. The van der Waals surface area contributed by atoms with Gasteiger partial charge in [-0.1, -0.05) is 18.2 Å². The van der Waals surface area contributed by atoms with Gasteiger partial charge in [-0.3, -0.25) is 4.68 Å². The zero-order valence-electron chi connectivity index (χ0n) is 10.3. The fraction of sp³-hybridized carbons (Fsp3) is 0.0714. The van der Waals surface area contributed by atoms with Crippen molar-refractivity contribution in [2.75, 3.05) is 0 Å². The predicted molar refractivity (Wildman–Crippen MR) is 67.9 cm³/mol. The largest absolute Gasteiger partial charge is 0.451 e. The number of hydrogen-bond acceptors (Lipinski definition) is 4. The third kappa shape index (κ3) is 2.17. The van der Waals surface area contributed by atoms with E-state index in [2.05, 4.69) is 10.1 Å². The molecule has 5 nitrogen and oxygen atoms in total. The molecule has 0 N–H and O–H groups in total. The SMILES string of the molecule is N#Cc1cc(-c2cocn2)n(Cc2ccccc2F)n1. The van der Waals surface area contributed by atoms with E-state index in [9.17, 15) is 4.39 Å². The number of aromatic nitrogens is 3. The summed E-state index contributed by atoms with van der Waals surface area (Å²) in [5, 5.41) is 13.1. The molecular formula is C14H9FN4O. The van der Waals surface area contributed by atoms with Gasteiger partial charge in [-0.15, -0.1) is 0 Å². The highest BCUT2D eigenvalue weighted by Crippen LogP contribution is 2.20. The van der Waals surface area contributed by atoms with E-state index in [-0.39, 0.29) is 18.1 Å². The number of hydrogen-bond donors (Lipinski definition) is 0. The molecule has 0 aliphatic carbocycles. The first-order chi connectivity index (χ1) is 9.78. The van der Waals surface area contributed by atoms with Gasteiger partial charge < -0.3 is 4.42 Å². The molecule has 98 valence electrons. The number of nitrogens with zero attached hydrogens (tertiary/aromatic N) is 4. The van der Waals surface area contributed by atoms with Crippen LogP contribution in [0.4, 0.5) is 4.39 Å². The van der Waals surface area contributed by atoms with Crippen LogP contribution in [0.3, 0.4) is 0 Å². The summed E-state index contributed by atoms with van der Waals surface area (Å²) in [5.74, 6) is -0.312. The molecule has 2 heterocycles. The second-order valence-corrected chi connectivity index (χ2v) is 4.15. The first-order valence-electron chi connectivity index (χ1n) is 5.88. The summed E-state index contributed by atoms with van der Waals surface area (Å²) in [4.78, 5) is 4.03. The maximum absolute atomic E-state index is 13.7. The molecule has 0 aliphatic rings. The molecule has 3 rings (SSSR count). The van der Waals surface area contributed by atoms with E-state index in [1.165, 1.54) is 23.4 Å². The van der Waals surface area contributed by atoms with E-state index >= 15 is 0 Å². The molecule has 2 aromatic heterocycles. The van der Waals surface area contributed by atoms with Crippen molar-refractivity contribution in [1.82, 2.24) is 14.8 Å². The van der Waals surface area contributed by atoms with Crippen molar-refractivity contribution in [3.63, 3.8) is 0 Å². The number of nitriles is 1. The van der Waals surface area contributed by atoms with Crippen molar-refractivity contribution in [1.29, 1.82) is 5.26 Å². The zero-order chi connectivity index (χ0) is 13.9. The molecule has 6 heteroatoms. The van der Waals surface area contributed by atoms with Gasteiger partial charge in [-0.25, -0.2) is 9.37 Å². The first kappa shape index (κ1) is 12.1. The Bertz CT molecular complexity index is 771. The molecule has 0 atom stereocenters. The van der Waals surface area contributed by atoms with Crippen LogP contribution in [0.1, 0.15) is 11.3 Å². The highest BCUT2D eigenvalue weighted by atomic mass is 19.1. The molecule has 1 aromatic carbocycles. The number of benzene rings is 1. The summed E-state index contributed by atoms with van der Waals surface area (Å²) in [6, 6.07) is 10.0. The monoisotopic (exact) mass is 268 g/mol. The predicted octanol–water partition coefficient (Wildman–Crippen LogP) is 2.60. The Hall–Kier alpha value is -2.94. The van der Waals surface area contributed by atoms with E-state index < -0.39 is 0 Å². The van der Waals surface area contributed by atoms with Crippen LogP contribution in [0.5, 0.6) is 0 Å². The van der Waals surface area contributed by atoms with E-state index in [1.54, 1.807) is 24.3 Å². The van der Waals surface area contributed by atoms with Crippen LogP contribution in [-0.2, 0) is 6.54 Å². The molecule has 0 fully saturated rings. The maximum atomic E-state index is 13.7. The van der Waals surface area contributed by atoms with E-state index in [0.717, 1.165) is 0 Å². The summed E-state index contributed by atoms with van der Waals surface area (Å²) in [7, 11) is 0. The smallest absolute Gasteiger partial charge is 0.181 e. The number of halogens is 1. The molecule has 0 saturated carbocycles. The van der Waals surface area contributed by atoms with Crippen molar-refractivity contribution in [3.05, 3.63) is 60.1 Å². The van der Waals surface area contributed by atoms with Crippen molar-refractivity contribution >= 4 is 0 Å². The Morgan fingerprint density at radius 2 is 2.20 bits per heavy atom. The summed E-state index contributed by atoms with van der Waals surface area (Å²) in [6.45, 7) is 0.219. The van der Waals surface area contributed by atoms with Gasteiger partial charge in [0.15, 0.2) is 12.1 Å². The van der Waals surface area contributed by atoms with Crippen LogP contribution >= 0.6 is 0 Å². The Kier molecular flexibility index (Phi) is 3.01. The van der Waals surface area contributed by atoms with E-state index in [4.69, 9.17) is 9.68 Å². The van der Waals surface area contributed by atoms with Gasteiger partial charge >= 0.3 is 0 Å². The Morgan fingerprint density at radius 3 is 2.90 bits per heavy atom. The van der Waals surface area contributed by atoms with Crippen molar-refractivity contribution in [2.45, 2.75) is 6.54 Å².